The number of carbonyl (C=O) groups excluding carboxylic acids is 1. The van der Waals surface area contributed by atoms with Crippen LogP contribution < -0.4 is 15.4 Å². The normalized spacial score (nSPS) is 20.5. The Bertz CT molecular complexity index is 1130. The van der Waals surface area contributed by atoms with Crippen molar-refractivity contribution in [1.82, 2.24) is 0 Å². The van der Waals surface area contributed by atoms with E-state index in [2.05, 4.69) is 54.0 Å². The van der Waals surface area contributed by atoms with Crippen molar-refractivity contribution in [2.75, 3.05) is 17.7 Å². The van der Waals surface area contributed by atoms with Crippen LogP contribution in [0.25, 0.3) is 0 Å². The van der Waals surface area contributed by atoms with Gasteiger partial charge in [0.15, 0.2) is 5.78 Å². The number of allylic oxidation sites excluding steroid dienone is 1. The number of fused-ring (bicyclic) bond motifs is 1. The molecule has 2 N–H and O–H groups in total. The zero-order valence-corrected chi connectivity index (χ0v) is 17.9. The van der Waals surface area contributed by atoms with Gasteiger partial charge in [-0.05, 0) is 61.2 Å². The number of hydrogen-bond donors (Lipinski definition) is 2. The van der Waals surface area contributed by atoms with Crippen LogP contribution >= 0.6 is 11.3 Å². The average Bonchev–Trinajstić information content (AvgIpc) is 3.11. The van der Waals surface area contributed by atoms with Crippen LogP contribution in [0, 0.1) is 6.92 Å². The highest BCUT2D eigenvalue weighted by molar-refractivity contribution is 7.12. The van der Waals surface area contributed by atoms with E-state index in [9.17, 15) is 4.79 Å². The van der Waals surface area contributed by atoms with Crippen LogP contribution in [0.2, 0.25) is 0 Å². The van der Waals surface area contributed by atoms with Gasteiger partial charge in [0.25, 0.3) is 0 Å². The van der Waals surface area contributed by atoms with Gasteiger partial charge in [0.2, 0.25) is 0 Å². The van der Waals surface area contributed by atoms with Gasteiger partial charge < -0.3 is 15.4 Å². The lowest BCUT2D eigenvalue weighted by atomic mass is 9.79. The first-order valence-corrected chi connectivity index (χ1v) is 11.0. The molecule has 1 aliphatic carbocycles. The molecular weight excluding hydrogens is 392 g/mol. The van der Waals surface area contributed by atoms with Gasteiger partial charge in [-0.25, -0.2) is 0 Å². The zero-order chi connectivity index (χ0) is 20.7. The van der Waals surface area contributed by atoms with E-state index in [1.54, 1.807) is 18.4 Å². The van der Waals surface area contributed by atoms with Gasteiger partial charge in [-0.1, -0.05) is 24.3 Å². The minimum absolute atomic E-state index is 0.126. The number of thiophene rings is 1. The molecule has 1 aromatic heterocycles. The summed E-state index contributed by atoms with van der Waals surface area (Å²) in [7, 11) is 1.67. The highest BCUT2D eigenvalue weighted by atomic mass is 32.1. The standard InChI is InChI=1S/C25H24N2O2S/c1-15-7-12-23(30-15)25-24-21(26-19-5-3-4-6-20(19)27-25)13-17(14-22(24)28)16-8-10-18(29-2)11-9-16/h3-12,17,25-27H,13-14H2,1-2H3/t17-,25+/m1/s1. The summed E-state index contributed by atoms with van der Waals surface area (Å²) in [5, 5.41) is 7.24. The number of ketones is 1. The number of nitrogens with one attached hydrogen (secondary N) is 2. The molecule has 3 aromatic rings. The van der Waals surface area contributed by atoms with Crippen molar-refractivity contribution in [3.05, 3.63) is 87.3 Å². The predicted octanol–water partition coefficient (Wildman–Crippen LogP) is 6.04. The number of benzene rings is 2. The van der Waals surface area contributed by atoms with Gasteiger partial charge in [0.1, 0.15) is 5.75 Å². The Hall–Kier alpha value is -3.05. The number of para-hydroxylation sites is 2. The van der Waals surface area contributed by atoms with Crippen molar-refractivity contribution in [3.63, 3.8) is 0 Å². The fourth-order valence-electron chi connectivity index (χ4n) is 4.43. The molecule has 2 aromatic carbocycles. The maximum absolute atomic E-state index is 13.5. The Morgan fingerprint density at radius 1 is 0.967 bits per heavy atom. The Labute approximate surface area is 180 Å². The fourth-order valence-corrected chi connectivity index (χ4v) is 5.36. The molecule has 2 aliphatic rings. The number of anilines is 2. The third-order valence-electron chi connectivity index (χ3n) is 5.94. The Morgan fingerprint density at radius 3 is 2.43 bits per heavy atom. The summed E-state index contributed by atoms with van der Waals surface area (Å²) in [4.78, 5) is 15.9. The SMILES string of the molecule is COc1ccc([C@H]2CC(=O)C3=C(C2)Nc2ccccc2N[C@H]3c2ccc(C)s2)cc1. The van der Waals surface area contributed by atoms with Crippen molar-refractivity contribution in [2.24, 2.45) is 0 Å². The van der Waals surface area contributed by atoms with E-state index in [-0.39, 0.29) is 17.7 Å². The number of methoxy groups -OCH3 is 1. The molecule has 5 rings (SSSR count). The molecule has 0 radical (unpaired) electrons. The van der Waals surface area contributed by atoms with Crippen LogP contribution in [0.15, 0.2) is 71.9 Å². The predicted molar refractivity (Wildman–Crippen MR) is 122 cm³/mol. The van der Waals surface area contributed by atoms with E-state index >= 15 is 0 Å². The summed E-state index contributed by atoms with van der Waals surface area (Å²) in [5.74, 6) is 1.20. The smallest absolute Gasteiger partial charge is 0.163 e. The molecule has 0 spiro atoms. The van der Waals surface area contributed by atoms with Crippen molar-refractivity contribution in [1.29, 1.82) is 0 Å². The molecule has 152 valence electrons. The van der Waals surface area contributed by atoms with E-state index < -0.39 is 0 Å². The third-order valence-corrected chi connectivity index (χ3v) is 7.01. The largest absolute Gasteiger partial charge is 0.497 e. The lowest BCUT2D eigenvalue weighted by Crippen LogP contribution is -2.26. The van der Waals surface area contributed by atoms with Crippen LogP contribution in [0.1, 0.15) is 40.1 Å². The molecule has 2 atom stereocenters. The molecule has 0 amide bonds. The number of Topliss-reactive ketones (excluding diaryl/α,β-unsaturated/α-hetero) is 1. The fraction of sp³-hybridized carbons (Fsp3) is 0.240. The van der Waals surface area contributed by atoms with Crippen LogP contribution in [0.3, 0.4) is 0 Å². The number of ether oxygens (including phenoxy) is 1. The highest BCUT2D eigenvalue weighted by Crippen LogP contribution is 2.45. The molecule has 0 saturated carbocycles. The minimum Gasteiger partial charge on any atom is -0.497 e. The van der Waals surface area contributed by atoms with Crippen molar-refractivity contribution < 1.29 is 9.53 Å². The van der Waals surface area contributed by atoms with E-state index in [0.29, 0.717) is 6.42 Å². The summed E-state index contributed by atoms with van der Waals surface area (Å²) in [6.45, 7) is 2.11. The van der Waals surface area contributed by atoms with Gasteiger partial charge in [0.05, 0.1) is 24.5 Å². The topological polar surface area (TPSA) is 50.4 Å². The van der Waals surface area contributed by atoms with Gasteiger partial charge in [0, 0.05) is 27.4 Å². The monoisotopic (exact) mass is 416 g/mol. The molecular formula is C25H24N2O2S. The van der Waals surface area contributed by atoms with E-state index in [1.807, 2.05) is 24.3 Å². The molecule has 5 heteroatoms. The maximum atomic E-state index is 13.5. The van der Waals surface area contributed by atoms with Crippen molar-refractivity contribution in [2.45, 2.75) is 31.7 Å². The number of aryl methyl sites for hydroxylation is 1. The van der Waals surface area contributed by atoms with Gasteiger partial charge in [-0.3, -0.25) is 4.79 Å². The number of carbonyl (C=O) groups is 1. The zero-order valence-electron chi connectivity index (χ0n) is 17.1. The molecule has 0 fully saturated rings. The number of rotatable bonds is 3. The summed E-state index contributed by atoms with van der Waals surface area (Å²) in [6, 6.07) is 20.4. The first kappa shape index (κ1) is 18.9. The molecule has 30 heavy (non-hydrogen) atoms. The van der Waals surface area contributed by atoms with E-state index in [1.165, 1.54) is 15.3 Å². The Balaban J connectivity index is 1.57. The second-order valence-electron chi connectivity index (χ2n) is 7.89. The first-order chi connectivity index (χ1) is 14.6. The minimum atomic E-state index is -0.126. The van der Waals surface area contributed by atoms with Crippen LogP contribution in [0.4, 0.5) is 11.4 Å². The van der Waals surface area contributed by atoms with Crippen LogP contribution in [0.5, 0.6) is 5.75 Å². The molecule has 0 unspecified atom stereocenters. The average molecular weight is 417 g/mol. The lowest BCUT2D eigenvalue weighted by Gasteiger charge is -2.29. The Kier molecular flexibility index (Phi) is 4.83. The van der Waals surface area contributed by atoms with Gasteiger partial charge in [-0.2, -0.15) is 0 Å². The quantitative estimate of drug-likeness (QED) is 0.546. The third kappa shape index (κ3) is 3.39. The van der Waals surface area contributed by atoms with Crippen molar-refractivity contribution in [3.8, 4) is 5.75 Å². The molecule has 4 nitrogen and oxygen atoms in total. The van der Waals surface area contributed by atoms with Crippen LogP contribution in [-0.4, -0.2) is 12.9 Å². The van der Waals surface area contributed by atoms with Gasteiger partial charge >= 0.3 is 0 Å². The Morgan fingerprint density at radius 2 is 1.73 bits per heavy atom. The molecule has 2 heterocycles. The van der Waals surface area contributed by atoms with Crippen molar-refractivity contribution >= 4 is 28.5 Å². The van der Waals surface area contributed by atoms with Crippen LogP contribution in [-0.2, 0) is 4.79 Å². The van der Waals surface area contributed by atoms with E-state index in [0.717, 1.165) is 34.8 Å². The summed E-state index contributed by atoms with van der Waals surface area (Å²) in [5.41, 5.74) is 5.12. The first-order valence-electron chi connectivity index (χ1n) is 10.2. The summed E-state index contributed by atoms with van der Waals surface area (Å²) < 4.78 is 5.29. The number of hydrogen-bond acceptors (Lipinski definition) is 5. The molecule has 1 aliphatic heterocycles. The lowest BCUT2D eigenvalue weighted by molar-refractivity contribution is -0.116. The second-order valence-corrected chi connectivity index (χ2v) is 9.21. The molecule has 0 saturated heterocycles. The highest BCUT2D eigenvalue weighted by Gasteiger charge is 2.36. The summed E-state index contributed by atoms with van der Waals surface area (Å²) >= 11 is 1.75. The summed E-state index contributed by atoms with van der Waals surface area (Å²) in [6.07, 6.45) is 1.33. The van der Waals surface area contributed by atoms with E-state index in [4.69, 9.17) is 4.74 Å². The second kappa shape index (κ2) is 7.65. The molecule has 0 bridgehead atoms. The van der Waals surface area contributed by atoms with Gasteiger partial charge in [-0.15, -0.1) is 11.3 Å². The maximum Gasteiger partial charge on any atom is 0.163 e.